The Kier molecular flexibility index (Phi) is 3.13. The van der Waals surface area contributed by atoms with Crippen LogP contribution in [-0.4, -0.2) is 39.9 Å². The summed E-state index contributed by atoms with van der Waals surface area (Å²) in [5, 5.41) is 5.13. The van der Waals surface area contributed by atoms with Gasteiger partial charge in [-0.15, -0.1) is 11.3 Å². The van der Waals surface area contributed by atoms with Crippen LogP contribution in [0.5, 0.6) is 0 Å². The number of fused-ring (bicyclic) bond motifs is 1. The fourth-order valence-corrected chi connectivity index (χ4v) is 4.61. The van der Waals surface area contributed by atoms with Gasteiger partial charge in [0, 0.05) is 11.6 Å². The summed E-state index contributed by atoms with van der Waals surface area (Å²) in [4.78, 5) is 31.5. The minimum absolute atomic E-state index is 0.0671. The molecule has 7 nitrogen and oxygen atoms in total. The van der Waals surface area contributed by atoms with Gasteiger partial charge >= 0.3 is 0 Å². The molecule has 8 heteroatoms. The molecular weight excluding hydrogens is 342 g/mol. The van der Waals surface area contributed by atoms with Gasteiger partial charge < -0.3 is 19.4 Å². The van der Waals surface area contributed by atoms with E-state index in [1.807, 2.05) is 18.2 Å². The third-order valence-electron chi connectivity index (χ3n) is 5.07. The number of nitrogens with one attached hydrogen (secondary N) is 1. The molecule has 2 saturated heterocycles. The highest BCUT2D eigenvalue weighted by Crippen LogP contribution is 2.52. The number of anilines is 1. The first-order valence-electron chi connectivity index (χ1n) is 8.05. The molecule has 25 heavy (non-hydrogen) atoms. The minimum Gasteiger partial charge on any atom is -0.467 e. The van der Waals surface area contributed by atoms with Crippen molar-refractivity contribution < 1.29 is 18.7 Å². The number of furan rings is 1. The van der Waals surface area contributed by atoms with Gasteiger partial charge in [0.25, 0.3) is 0 Å². The summed E-state index contributed by atoms with van der Waals surface area (Å²) < 4.78 is 11.4. The second-order valence-electron chi connectivity index (χ2n) is 6.50. The van der Waals surface area contributed by atoms with Crippen LogP contribution in [0.25, 0.3) is 0 Å². The largest absolute Gasteiger partial charge is 0.467 e. The average molecular weight is 357 g/mol. The first-order valence-corrected chi connectivity index (χ1v) is 8.93. The van der Waals surface area contributed by atoms with Gasteiger partial charge in [0.2, 0.25) is 11.8 Å². The lowest BCUT2D eigenvalue weighted by molar-refractivity contribution is -0.136. The van der Waals surface area contributed by atoms with Gasteiger partial charge in [-0.25, -0.2) is 4.98 Å². The quantitative estimate of drug-likeness (QED) is 0.841. The molecule has 4 atom stereocenters. The number of carbonyl (C=O) groups excluding carboxylic acids is 2. The van der Waals surface area contributed by atoms with Crippen molar-refractivity contribution in [2.75, 3.05) is 11.9 Å². The number of hydrogen-bond acceptors (Lipinski definition) is 6. The lowest BCUT2D eigenvalue weighted by Gasteiger charge is -2.23. The van der Waals surface area contributed by atoms with Crippen molar-refractivity contribution in [2.45, 2.75) is 18.2 Å². The van der Waals surface area contributed by atoms with Crippen LogP contribution in [0.2, 0.25) is 0 Å². The number of thiazole rings is 1. The van der Waals surface area contributed by atoms with E-state index in [0.717, 1.165) is 0 Å². The van der Waals surface area contributed by atoms with Crippen LogP contribution in [0.1, 0.15) is 5.76 Å². The predicted molar refractivity (Wildman–Crippen MR) is 88.6 cm³/mol. The molecular formula is C17H15N3O4S. The van der Waals surface area contributed by atoms with E-state index in [9.17, 15) is 9.59 Å². The van der Waals surface area contributed by atoms with Gasteiger partial charge in [0.15, 0.2) is 5.13 Å². The molecule has 2 amide bonds. The van der Waals surface area contributed by atoms with Gasteiger partial charge in [-0.1, -0.05) is 12.2 Å². The highest BCUT2D eigenvalue weighted by Gasteiger charge is 2.66. The molecule has 2 fully saturated rings. The third-order valence-corrected chi connectivity index (χ3v) is 5.76. The van der Waals surface area contributed by atoms with Crippen LogP contribution in [-0.2, 0) is 20.9 Å². The predicted octanol–water partition coefficient (Wildman–Crippen LogP) is 1.66. The fourth-order valence-electron chi connectivity index (χ4n) is 4.08. The van der Waals surface area contributed by atoms with Crippen LogP contribution in [0.3, 0.4) is 0 Å². The lowest BCUT2D eigenvalue weighted by atomic mass is 9.77. The smallest absolute Gasteiger partial charge is 0.233 e. The van der Waals surface area contributed by atoms with E-state index in [4.69, 9.17) is 9.15 Å². The maximum absolute atomic E-state index is 13.0. The SMILES string of the molecule is O=C(Nc1nccs1)C1C2C(=O)N(Cc3ccco3)C[C@]23C=C[C@@H]1O3. The summed E-state index contributed by atoms with van der Waals surface area (Å²) in [6.45, 7) is 0.817. The Balaban J connectivity index is 1.41. The molecule has 5 rings (SSSR count). The number of likely N-dealkylation sites (tertiary alicyclic amines) is 1. The normalized spacial score (nSPS) is 32.4. The highest BCUT2D eigenvalue weighted by atomic mass is 32.1. The molecule has 3 aliphatic heterocycles. The van der Waals surface area contributed by atoms with E-state index in [0.29, 0.717) is 24.0 Å². The zero-order valence-corrected chi connectivity index (χ0v) is 13.9. The monoisotopic (exact) mass is 357 g/mol. The summed E-state index contributed by atoms with van der Waals surface area (Å²) in [5.41, 5.74) is -0.709. The van der Waals surface area contributed by atoms with Crippen LogP contribution < -0.4 is 5.32 Å². The molecule has 1 N–H and O–H groups in total. The van der Waals surface area contributed by atoms with Gasteiger partial charge in [-0.3, -0.25) is 9.59 Å². The highest BCUT2D eigenvalue weighted by molar-refractivity contribution is 7.13. The van der Waals surface area contributed by atoms with E-state index in [1.54, 1.807) is 28.8 Å². The van der Waals surface area contributed by atoms with E-state index < -0.39 is 17.4 Å². The summed E-state index contributed by atoms with van der Waals surface area (Å²) in [6.07, 6.45) is 6.69. The molecule has 2 aromatic rings. The number of aromatic nitrogens is 1. The second kappa shape index (κ2) is 5.27. The van der Waals surface area contributed by atoms with Crippen molar-refractivity contribution in [1.82, 2.24) is 9.88 Å². The minimum atomic E-state index is -0.709. The van der Waals surface area contributed by atoms with Crippen molar-refractivity contribution in [2.24, 2.45) is 11.8 Å². The topological polar surface area (TPSA) is 84.7 Å². The number of carbonyl (C=O) groups is 2. The van der Waals surface area contributed by atoms with E-state index in [-0.39, 0.29) is 17.9 Å². The van der Waals surface area contributed by atoms with Crippen LogP contribution in [0.4, 0.5) is 5.13 Å². The Hall–Kier alpha value is -2.45. The van der Waals surface area contributed by atoms with Crippen molar-refractivity contribution in [3.05, 3.63) is 47.9 Å². The molecule has 3 aliphatic rings. The van der Waals surface area contributed by atoms with Gasteiger partial charge in [0.1, 0.15) is 11.4 Å². The van der Waals surface area contributed by atoms with Gasteiger partial charge in [-0.05, 0) is 12.1 Å². The van der Waals surface area contributed by atoms with Crippen molar-refractivity contribution >= 4 is 28.3 Å². The van der Waals surface area contributed by atoms with Crippen LogP contribution >= 0.6 is 11.3 Å². The van der Waals surface area contributed by atoms with Gasteiger partial charge in [-0.2, -0.15) is 0 Å². The van der Waals surface area contributed by atoms with Crippen LogP contribution in [0, 0.1) is 11.8 Å². The number of ether oxygens (including phenoxy) is 1. The Bertz CT molecular complexity index is 847. The van der Waals surface area contributed by atoms with Crippen molar-refractivity contribution in [1.29, 1.82) is 0 Å². The van der Waals surface area contributed by atoms with E-state index in [1.165, 1.54) is 11.3 Å². The number of nitrogens with zero attached hydrogens (tertiary/aromatic N) is 2. The molecule has 5 heterocycles. The molecule has 2 aromatic heterocycles. The Morgan fingerprint density at radius 1 is 1.52 bits per heavy atom. The first-order chi connectivity index (χ1) is 12.2. The first kappa shape index (κ1) is 14.9. The van der Waals surface area contributed by atoms with Crippen molar-refractivity contribution in [3.8, 4) is 0 Å². The molecule has 0 saturated carbocycles. The molecule has 1 spiro atoms. The Labute approximate surface area is 147 Å². The number of amides is 2. The molecule has 128 valence electrons. The summed E-state index contributed by atoms with van der Waals surface area (Å²) >= 11 is 1.35. The number of hydrogen-bond donors (Lipinski definition) is 1. The Morgan fingerprint density at radius 2 is 2.44 bits per heavy atom. The van der Waals surface area contributed by atoms with E-state index in [2.05, 4.69) is 10.3 Å². The molecule has 0 radical (unpaired) electrons. The molecule has 0 aromatic carbocycles. The maximum Gasteiger partial charge on any atom is 0.233 e. The summed E-state index contributed by atoms with van der Waals surface area (Å²) in [5.74, 6) is -0.612. The fraction of sp³-hybridized carbons (Fsp3) is 0.353. The molecule has 2 unspecified atom stereocenters. The average Bonchev–Trinajstić information content (AvgIpc) is 3.37. The maximum atomic E-state index is 13.0. The van der Waals surface area contributed by atoms with Crippen LogP contribution in [0.15, 0.2) is 46.5 Å². The molecule has 0 aliphatic carbocycles. The molecule has 2 bridgehead atoms. The standard InChI is InChI=1S/C17H15N3O4S/c21-14(19-16-18-5-7-25-16)12-11-3-4-17(24-11)9-20(15(22)13(12)17)8-10-2-1-6-23-10/h1-7,11-13H,8-9H2,(H,18,19,21)/t11-,12?,13?,17+/m0/s1. The lowest BCUT2D eigenvalue weighted by Crippen LogP contribution is -2.41. The number of rotatable bonds is 4. The Morgan fingerprint density at radius 3 is 3.20 bits per heavy atom. The second-order valence-corrected chi connectivity index (χ2v) is 7.39. The summed E-state index contributed by atoms with van der Waals surface area (Å²) in [7, 11) is 0. The van der Waals surface area contributed by atoms with E-state index >= 15 is 0 Å². The van der Waals surface area contributed by atoms with Gasteiger partial charge in [0.05, 0.1) is 37.3 Å². The summed E-state index contributed by atoms with van der Waals surface area (Å²) in [6, 6.07) is 3.63. The zero-order chi connectivity index (χ0) is 17.0. The third kappa shape index (κ3) is 2.17. The zero-order valence-electron chi connectivity index (χ0n) is 13.1. The van der Waals surface area contributed by atoms with Crippen molar-refractivity contribution in [3.63, 3.8) is 0 Å².